The molecule has 2 unspecified atom stereocenters. The lowest BCUT2D eigenvalue weighted by molar-refractivity contribution is -0.741. The topological polar surface area (TPSA) is 18.5 Å². The number of benzene rings is 5. The zero-order valence-corrected chi connectivity index (χ0v) is 28.2. The zero-order chi connectivity index (χ0) is 32.5. The Labute approximate surface area is 284 Å². The third-order valence-corrected chi connectivity index (χ3v) is 13.5. The standard InChI is InChI=1S/C44H34N5/c1-42(2)26-14-6-7-17-30(26)47-33-20-11-21-34-35(33)44(41-45(5)31-18-8-9-19-32(31)48(34)41)36-38-25(23-29(42)39(36)47)24-13-10-15-27-37(24)49(38)40-28(43(27,3)4)16-12-22-46(40)44/h6-23,41H,1-5H3/q+1. The molecule has 0 radical (unpaired) electrons. The number of para-hydroxylation sites is 4. The van der Waals surface area contributed by atoms with Crippen LogP contribution < -0.4 is 19.3 Å². The van der Waals surface area contributed by atoms with Gasteiger partial charge in [-0.3, -0.25) is 0 Å². The zero-order valence-electron chi connectivity index (χ0n) is 28.2. The first-order chi connectivity index (χ1) is 23.8. The maximum absolute atomic E-state index is 2.72. The third kappa shape index (κ3) is 2.28. The summed E-state index contributed by atoms with van der Waals surface area (Å²) in [6.45, 7) is 9.74. The summed E-state index contributed by atoms with van der Waals surface area (Å²) >= 11 is 0. The van der Waals surface area contributed by atoms with E-state index in [1.807, 2.05) is 0 Å². The molecule has 7 aromatic rings. The molecule has 2 atom stereocenters. The number of pyridine rings is 1. The smallest absolute Gasteiger partial charge is 0.292 e. The van der Waals surface area contributed by atoms with E-state index in [9.17, 15) is 0 Å². The number of rotatable bonds is 0. The van der Waals surface area contributed by atoms with Crippen LogP contribution in [-0.2, 0) is 16.4 Å². The molecule has 5 aromatic carbocycles. The average Bonchev–Trinajstić information content (AvgIpc) is 3.72. The van der Waals surface area contributed by atoms with Crippen molar-refractivity contribution in [2.75, 3.05) is 21.7 Å². The molecule has 0 saturated heterocycles. The largest absolute Gasteiger partial charge is 0.348 e. The summed E-state index contributed by atoms with van der Waals surface area (Å²) < 4.78 is 5.40. The van der Waals surface area contributed by atoms with E-state index in [-0.39, 0.29) is 17.0 Å². The van der Waals surface area contributed by atoms with E-state index in [2.05, 4.69) is 168 Å². The van der Waals surface area contributed by atoms with Gasteiger partial charge in [0.05, 0.1) is 57.0 Å². The van der Waals surface area contributed by atoms with Gasteiger partial charge in [-0.1, -0.05) is 76.2 Å². The first-order valence-electron chi connectivity index (χ1n) is 17.6. The molecule has 6 aliphatic rings. The van der Waals surface area contributed by atoms with Crippen molar-refractivity contribution in [2.24, 2.45) is 0 Å². The Morgan fingerprint density at radius 1 is 0.571 bits per heavy atom. The highest BCUT2D eigenvalue weighted by Crippen LogP contribution is 2.70. The van der Waals surface area contributed by atoms with Gasteiger partial charge >= 0.3 is 0 Å². The Bertz CT molecular complexity index is 2780. The van der Waals surface area contributed by atoms with Gasteiger partial charge in [0.15, 0.2) is 11.7 Å². The number of likely N-dealkylation sites (N-methyl/N-ethyl adjacent to an activating group) is 1. The summed E-state index contributed by atoms with van der Waals surface area (Å²) in [5.41, 5.74) is 18.1. The molecular weight excluding hydrogens is 599 g/mol. The van der Waals surface area contributed by atoms with Gasteiger partial charge in [0.1, 0.15) is 5.52 Å². The first kappa shape index (κ1) is 25.5. The van der Waals surface area contributed by atoms with Crippen molar-refractivity contribution in [1.29, 1.82) is 0 Å². The SMILES string of the molecule is CN1c2ccccc2N2c3cccc4c3C3(c5c6c(cc7c8cccc9c8n(c57)-c5c(ccc[n+]53)C9(C)C)C(C)(C)c3ccccc3N46)C12. The van der Waals surface area contributed by atoms with Crippen LogP contribution in [0.1, 0.15) is 61.1 Å². The fourth-order valence-corrected chi connectivity index (χ4v) is 11.5. The van der Waals surface area contributed by atoms with Crippen LogP contribution in [0.3, 0.4) is 0 Å². The molecule has 2 aromatic heterocycles. The lowest BCUT2D eigenvalue weighted by Crippen LogP contribution is -2.71. The monoisotopic (exact) mass is 632 g/mol. The summed E-state index contributed by atoms with van der Waals surface area (Å²) in [6.07, 6.45) is 2.41. The molecule has 5 heteroatoms. The minimum absolute atomic E-state index is 0.00551. The van der Waals surface area contributed by atoms with E-state index in [1.54, 1.807) is 0 Å². The van der Waals surface area contributed by atoms with Gasteiger partial charge in [-0.2, -0.15) is 4.57 Å². The lowest BCUT2D eigenvalue weighted by Gasteiger charge is -2.51. The number of nitrogens with zero attached hydrogens (tertiary/aromatic N) is 5. The molecule has 49 heavy (non-hydrogen) atoms. The van der Waals surface area contributed by atoms with Crippen LogP contribution in [0.4, 0.5) is 34.1 Å². The Morgan fingerprint density at radius 2 is 1.24 bits per heavy atom. The van der Waals surface area contributed by atoms with Crippen LogP contribution in [0.5, 0.6) is 0 Å². The van der Waals surface area contributed by atoms with Crippen molar-refractivity contribution in [3.8, 4) is 5.82 Å². The van der Waals surface area contributed by atoms with E-state index in [4.69, 9.17) is 0 Å². The summed E-state index contributed by atoms with van der Waals surface area (Å²) in [4.78, 5) is 7.88. The van der Waals surface area contributed by atoms with Gasteiger partial charge in [-0.05, 0) is 65.7 Å². The van der Waals surface area contributed by atoms with Gasteiger partial charge in [-0.15, -0.1) is 0 Å². The van der Waals surface area contributed by atoms with Crippen LogP contribution >= 0.6 is 0 Å². The summed E-state index contributed by atoms with van der Waals surface area (Å²) in [6, 6.07) is 39.6. The highest BCUT2D eigenvalue weighted by Gasteiger charge is 2.70. The van der Waals surface area contributed by atoms with Crippen molar-refractivity contribution in [3.05, 3.63) is 143 Å². The maximum Gasteiger partial charge on any atom is 0.292 e. The van der Waals surface area contributed by atoms with Crippen molar-refractivity contribution >= 4 is 55.9 Å². The second-order valence-electron chi connectivity index (χ2n) is 16.1. The Morgan fingerprint density at radius 3 is 2.10 bits per heavy atom. The van der Waals surface area contributed by atoms with E-state index < -0.39 is 5.54 Å². The predicted octanol–water partition coefficient (Wildman–Crippen LogP) is 9.17. The maximum atomic E-state index is 2.72. The second-order valence-corrected chi connectivity index (χ2v) is 16.1. The Kier molecular flexibility index (Phi) is 3.83. The highest BCUT2D eigenvalue weighted by atomic mass is 15.5. The Balaban J connectivity index is 1.36. The molecule has 0 saturated carbocycles. The molecule has 8 heterocycles. The minimum atomic E-state index is -0.522. The number of anilines is 6. The summed E-state index contributed by atoms with van der Waals surface area (Å²) in [5.74, 6) is 1.31. The third-order valence-electron chi connectivity index (χ3n) is 13.5. The van der Waals surface area contributed by atoms with Gasteiger partial charge in [-0.25, -0.2) is 4.57 Å². The molecule has 1 spiro atoms. The van der Waals surface area contributed by atoms with Crippen molar-refractivity contribution in [2.45, 2.75) is 50.2 Å². The predicted molar refractivity (Wildman–Crippen MR) is 197 cm³/mol. The molecular formula is C44H34N5+. The molecule has 234 valence electrons. The molecule has 6 aliphatic heterocycles. The van der Waals surface area contributed by atoms with Crippen LogP contribution in [-0.4, -0.2) is 17.8 Å². The molecule has 13 rings (SSSR count). The van der Waals surface area contributed by atoms with Crippen LogP contribution in [0, 0.1) is 0 Å². The van der Waals surface area contributed by atoms with Gasteiger partial charge < -0.3 is 14.7 Å². The number of hydrogen-bond donors (Lipinski definition) is 0. The Hall–Kier alpha value is -5.55. The van der Waals surface area contributed by atoms with E-state index in [1.165, 1.54) is 95.1 Å². The van der Waals surface area contributed by atoms with E-state index in [0.717, 1.165) is 0 Å². The molecule has 0 bridgehead atoms. The molecule has 0 fully saturated rings. The normalized spacial score (nSPS) is 22.5. The number of fused-ring (bicyclic) bond motifs is 8. The highest BCUT2D eigenvalue weighted by molar-refractivity contribution is 6.17. The van der Waals surface area contributed by atoms with Crippen molar-refractivity contribution in [3.63, 3.8) is 0 Å². The molecule has 0 amide bonds. The van der Waals surface area contributed by atoms with E-state index >= 15 is 0 Å². The van der Waals surface area contributed by atoms with Gasteiger partial charge in [0.25, 0.3) is 5.82 Å². The van der Waals surface area contributed by atoms with Gasteiger partial charge in [0, 0.05) is 34.2 Å². The van der Waals surface area contributed by atoms with Crippen LogP contribution in [0.2, 0.25) is 0 Å². The molecule has 0 aliphatic carbocycles. The van der Waals surface area contributed by atoms with Crippen molar-refractivity contribution < 1.29 is 4.57 Å². The molecule has 5 nitrogen and oxygen atoms in total. The first-order valence-corrected chi connectivity index (χ1v) is 17.6. The average molecular weight is 633 g/mol. The lowest BCUT2D eigenvalue weighted by atomic mass is 9.66. The second kappa shape index (κ2) is 7.37. The van der Waals surface area contributed by atoms with Crippen LogP contribution in [0.15, 0.2) is 109 Å². The number of hydrogen-bond acceptors (Lipinski definition) is 3. The summed E-state index contributed by atoms with van der Waals surface area (Å²) in [5, 5.41) is 2.73. The van der Waals surface area contributed by atoms with Crippen molar-refractivity contribution in [1.82, 2.24) is 4.57 Å². The fraction of sp³-hybridized carbons (Fsp3) is 0.205. The van der Waals surface area contributed by atoms with Gasteiger partial charge in [0.2, 0.25) is 5.54 Å². The van der Waals surface area contributed by atoms with E-state index in [0.29, 0.717) is 0 Å². The van der Waals surface area contributed by atoms with Crippen LogP contribution in [0.25, 0.3) is 27.6 Å². The fourth-order valence-electron chi connectivity index (χ4n) is 11.5. The molecule has 0 N–H and O–H groups in total. The minimum Gasteiger partial charge on any atom is -0.348 e. The summed E-state index contributed by atoms with van der Waals surface area (Å²) in [7, 11) is 2.32. The quantitative estimate of drug-likeness (QED) is 0.155. The number of aromatic nitrogens is 2.